The van der Waals surface area contributed by atoms with Crippen LogP contribution in [0.5, 0.6) is 0 Å². The number of aryl methyl sites for hydroxylation is 1. The zero-order chi connectivity index (χ0) is 22.3. The van der Waals surface area contributed by atoms with Gasteiger partial charge in [0.25, 0.3) is 0 Å². The molecule has 1 N–H and O–H groups in total. The zero-order valence-electron chi connectivity index (χ0n) is 17.5. The Hall–Kier alpha value is -2.74. The number of hydrogen-bond donors (Lipinski definition) is 1. The van der Waals surface area contributed by atoms with E-state index >= 15 is 0 Å². The van der Waals surface area contributed by atoms with E-state index in [9.17, 15) is 22.4 Å². The number of nitrogens with zero attached hydrogens (tertiary/aromatic N) is 1. The number of rotatable bonds is 6. The van der Waals surface area contributed by atoms with Crippen molar-refractivity contribution < 1.29 is 22.4 Å². The van der Waals surface area contributed by atoms with E-state index in [1.165, 1.54) is 12.1 Å². The van der Waals surface area contributed by atoms with Crippen LogP contribution in [0.2, 0.25) is 0 Å². The number of carbonyl (C=O) groups is 2. The Labute approximate surface area is 181 Å². The fraction of sp³-hybridized carbons (Fsp3) is 0.391. The van der Waals surface area contributed by atoms with Gasteiger partial charge in [-0.25, -0.2) is 12.8 Å². The van der Waals surface area contributed by atoms with Crippen LogP contribution in [0.3, 0.4) is 0 Å². The van der Waals surface area contributed by atoms with Crippen LogP contribution in [-0.4, -0.2) is 32.0 Å². The maximum atomic E-state index is 13.6. The third kappa shape index (κ3) is 4.49. The second-order valence-electron chi connectivity index (χ2n) is 8.41. The largest absolute Gasteiger partial charge is 0.326 e. The van der Waals surface area contributed by atoms with Crippen molar-refractivity contribution in [1.29, 1.82) is 0 Å². The van der Waals surface area contributed by atoms with Gasteiger partial charge in [-0.05, 0) is 74.6 Å². The van der Waals surface area contributed by atoms with Gasteiger partial charge in [0.15, 0.2) is 9.84 Å². The lowest BCUT2D eigenvalue weighted by molar-refractivity contribution is -0.120. The zero-order valence-corrected chi connectivity index (χ0v) is 18.3. The molecule has 1 saturated carbocycles. The van der Waals surface area contributed by atoms with Crippen LogP contribution < -0.4 is 10.2 Å². The molecule has 2 aromatic carbocycles. The number of carbonyl (C=O) groups excluding carboxylic acids is 2. The van der Waals surface area contributed by atoms with Crippen molar-refractivity contribution in [3.8, 4) is 0 Å². The average Bonchev–Trinajstić information content (AvgIpc) is 3.51. The predicted octanol–water partition coefficient (Wildman–Crippen LogP) is 3.62. The molecular formula is C23H25FN2O4S. The summed E-state index contributed by atoms with van der Waals surface area (Å²) < 4.78 is 39.2. The molecule has 8 heteroatoms. The molecule has 1 atom stereocenters. The summed E-state index contributed by atoms with van der Waals surface area (Å²) in [5, 5.41) is 2.53. The summed E-state index contributed by atoms with van der Waals surface area (Å²) in [5.74, 6) is -1.08. The molecule has 0 radical (unpaired) electrons. The van der Waals surface area contributed by atoms with E-state index in [0.29, 0.717) is 12.0 Å². The average molecular weight is 445 g/mol. The van der Waals surface area contributed by atoms with Gasteiger partial charge in [0.05, 0.1) is 10.6 Å². The second-order valence-corrected chi connectivity index (χ2v) is 10.5. The standard InChI is InChI=1S/C23H25FN2O4S/c1-14-3-6-18(13-20(14)24)25-22(27)9-10-31(29,30)19-7-8-21-17(12-19)11-15(2)26(21)23(28)16-4-5-16/h3,6-8,12-13,15-16H,4-5,9-11H2,1-2H3,(H,25,27)/t15-/m0/s1. The minimum atomic E-state index is -3.68. The van der Waals surface area contributed by atoms with Gasteiger partial charge in [-0.15, -0.1) is 0 Å². The number of fused-ring (bicyclic) bond motifs is 1. The Morgan fingerprint density at radius 3 is 2.58 bits per heavy atom. The minimum absolute atomic E-state index is 0.00161. The monoisotopic (exact) mass is 444 g/mol. The van der Waals surface area contributed by atoms with Gasteiger partial charge < -0.3 is 10.2 Å². The summed E-state index contributed by atoms with van der Waals surface area (Å²) in [5.41, 5.74) is 2.37. The van der Waals surface area contributed by atoms with Crippen LogP contribution in [0.25, 0.3) is 0 Å². The van der Waals surface area contributed by atoms with Crippen LogP contribution in [0.4, 0.5) is 15.8 Å². The molecule has 0 unspecified atom stereocenters. The first-order chi connectivity index (χ1) is 14.7. The molecule has 1 fully saturated rings. The smallest absolute Gasteiger partial charge is 0.230 e. The molecule has 1 aliphatic heterocycles. The summed E-state index contributed by atoms with van der Waals surface area (Å²) >= 11 is 0. The van der Waals surface area contributed by atoms with E-state index in [-0.39, 0.29) is 40.6 Å². The first-order valence-electron chi connectivity index (χ1n) is 10.4. The summed E-state index contributed by atoms with van der Waals surface area (Å²) in [6.07, 6.45) is 2.20. The molecule has 2 amide bonds. The third-order valence-corrected chi connectivity index (χ3v) is 7.56. The molecule has 0 saturated heterocycles. The highest BCUT2D eigenvalue weighted by Gasteiger charge is 2.39. The number of nitrogens with one attached hydrogen (secondary N) is 1. The Balaban J connectivity index is 1.43. The van der Waals surface area contributed by atoms with E-state index in [1.807, 2.05) is 6.92 Å². The first kappa shape index (κ1) is 21.5. The van der Waals surface area contributed by atoms with Gasteiger partial charge >= 0.3 is 0 Å². The normalized spacial score (nSPS) is 18.0. The lowest BCUT2D eigenvalue weighted by Crippen LogP contribution is -2.36. The molecule has 1 heterocycles. The van der Waals surface area contributed by atoms with Crippen molar-refractivity contribution in [2.75, 3.05) is 16.0 Å². The fourth-order valence-corrected chi connectivity index (χ4v) is 5.19. The molecular weight excluding hydrogens is 419 g/mol. The minimum Gasteiger partial charge on any atom is -0.326 e. The SMILES string of the molecule is Cc1ccc(NC(=O)CCS(=O)(=O)c2ccc3c(c2)C[C@H](C)N3C(=O)C2CC2)cc1F. The predicted molar refractivity (Wildman–Crippen MR) is 116 cm³/mol. The number of anilines is 2. The van der Waals surface area contributed by atoms with Crippen molar-refractivity contribution in [2.45, 2.75) is 50.5 Å². The lowest BCUT2D eigenvalue weighted by Gasteiger charge is -2.22. The van der Waals surface area contributed by atoms with Crippen molar-refractivity contribution in [2.24, 2.45) is 5.92 Å². The highest BCUT2D eigenvalue weighted by atomic mass is 32.2. The van der Waals surface area contributed by atoms with Crippen molar-refractivity contribution in [3.05, 3.63) is 53.3 Å². The number of sulfone groups is 1. The Morgan fingerprint density at radius 1 is 1.16 bits per heavy atom. The van der Waals surface area contributed by atoms with Crippen molar-refractivity contribution >= 4 is 33.0 Å². The first-order valence-corrected chi connectivity index (χ1v) is 12.1. The maximum absolute atomic E-state index is 13.6. The molecule has 0 spiro atoms. The van der Waals surface area contributed by atoms with E-state index < -0.39 is 21.6 Å². The molecule has 1 aliphatic carbocycles. The summed E-state index contributed by atoms with van der Waals surface area (Å²) in [7, 11) is -3.68. The van der Waals surface area contributed by atoms with Gasteiger partial charge in [0.1, 0.15) is 5.82 Å². The van der Waals surface area contributed by atoms with E-state index in [2.05, 4.69) is 5.32 Å². The molecule has 6 nitrogen and oxygen atoms in total. The summed E-state index contributed by atoms with van der Waals surface area (Å²) in [4.78, 5) is 26.7. The number of amides is 2. The molecule has 164 valence electrons. The maximum Gasteiger partial charge on any atom is 0.230 e. The van der Waals surface area contributed by atoms with Crippen LogP contribution >= 0.6 is 0 Å². The van der Waals surface area contributed by atoms with Crippen molar-refractivity contribution in [3.63, 3.8) is 0 Å². The Morgan fingerprint density at radius 2 is 1.90 bits per heavy atom. The van der Waals surface area contributed by atoms with Gasteiger partial charge in [0.2, 0.25) is 11.8 Å². The summed E-state index contributed by atoms with van der Waals surface area (Å²) in [6.45, 7) is 3.58. The van der Waals surface area contributed by atoms with E-state index in [1.54, 1.807) is 36.1 Å². The van der Waals surface area contributed by atoms with Gasteiger partial charge in [-0.3, -0.25) is 9.59 Å². The van der Waals surface area contributed by atoms with Gasteiger partial charge in [-0.2, -0.15) is 0 Å². The fourth-order valence-electron chi connectivity index (χ4n) is 3.90. The number of halogens is 1. The van der Waals surface area contributed by atoms with Gasteiger partial charge in [-0.1, -0.05) is 6.07 Å². The van der Waals surface area contributed by atoms with Crippen LogP contribution in [-0.2, 0) is 25.8 Å². The molecule has 2 aromatic rings. The lowest BCUT2D eigenvalue weighted by atomic mass is 10.1. The summed E-state index contributed by atoms with van der Waals surface area (Å²) in [6, 6.07) is 9.15. The Kier molecular flexibility index (Phi) is 5.60. The van der Waals surface area contributed by atoms with E-state index in [0.717, 1.165) is 24.1 Å². The third-order valence-electron chi connectivity index (χ3n) is 5.84. The topological polar surface area (TPSA) is 83.6 Å². The molecule has 4 rings (SSSR count). The van der Waals surface area contributed by atoms with Crippen LogP contribution in [0, 0.1) is 18.7 Å². The highest BCUT2D eigenvalue weighted by molar-refractivity contribution is 7.91. The van der Waals surface area contributed by atoms with Crippen LogP contribution in [0.15, 0.2) is 41.3 Å². The molecule has 2 aliphatic rings. The van der Waals surface area contributed by atoms with E-state index in [4.69, 9.17) is 0 Å². The quantitative estimate of drug-likeness (QED) is 0.738. The molecule has 0 bridgehead atoms. The van der Waals surface area contributed by atoms with Crippen molar-refractivity contribution in [1.82, 2.24) is 0 Å². The second kappa shape index (κ2) is 8.07. The number of hydrogen-bond acceptors (Lipinski definition) is 4. The molecule has 0 aromatic heterocycles. The highest BCUT2D eigenvalue weighted by Crippen LogP contribution is 2.39. The van der Waals surface area contributed by atoms with Gasteiger partial charge in [0, 0.05) is 29.8 Å². The molecule has 31 heavy (non-hydrogen) atoms. The number of benzene rings is 2. The van der Waals surface area contributed by atoms with Crippen LogP contribution in [0.1, 0.15) is 37.3 Å². The Bertz CT molecular complexity index is 1160.